The molecule has 1 N–H and O–H groups in total. The molecule has 2 heteroatoms. The maximum absolute atomic E-state index is 8.37. The molecule has 0 aliphatic rings. The smallest absolute Gasteiger partial charge is 0.131 e. The number of hydrogen-bond acceptors (Lipinski definition) is 1. The van der Waals surface area contributed by atoms with Gasteiger partial charge in [-0.2, -0.15) is 0 Å². The third-order valence-electron chi connectivity index (χ3n) is 0.292. The summed E-state index contributed by atoms with van der Waals surface area (Å²) in [5.41, 5.74) is -1.43. The zero-order valence-corrected chi connectivity index (χ0v) is 3.60. The van der Waals surface area contributed by atoms with Crippen molar-refractivity contribution >= 4 is 7.85 Å². The second-order valence-electron chi connectivity index (χ2n) is 1.29. The molecule has 1 atom stereocenters. The van der Waals surface area contributed by atoms with Crippen molar-refractivity contribution < 1.29 is 5.11 Å². The second kappa shape index (κ2) is 1.36. The lowest BCUT2D eigenvalue weighted by Crippen LogP contribution is -2.19. The van der Waals surface area contributed by atoms with Gasteiger partial charge in [-0.1, -0.05) is 5.92 Å². The van der Waals surface area contributed by atoms with Gasteiger partial charge in [0, 0.05) is 0 Å². The molecule has 0 bridgehead atoms. The van der Waals surface area contributed by atoms with Crippen LogP contribution in [0.1, 0.15) is 6.92 Å². The summed E-state index contributed by atoms with van der Waals surface area (Å²) in [5.74, 6) is 1.94. The number of rotatable bonds is 0. The topological polar surface area (TPSA) is 20.2 Å². The van der Waals surface area contributed by atoms with Crippen molar-refractivity contribution in [2.75, 3.05) is 0 Å². The average molecular weight is 79.9 g/mol. The molecule has 0 saturated heterocycles. The molecule has 0 aromatic rings. The van der Waals surface area contributed by atoms with E-state index < -0.39 is 5.50 Å². The monoisotopic (exact) mass is 80.0 g/mol. The van der Waals surface area contributed by atoms with Gasteiger partial charge in [0.25, 0.3) is 0 Å². The summed E-state index contributed by atoms with van der Waals surface area (Å²) in [7, 11) is 4.85. The van der Waals surface area contributed by atoms with Gasteiger partial charge in [0.1, 0.15) is 7.85 Å². The van der Waals surface area contributed by atoms with Crippen LogP contribution in [0.15, 0.2) is 0 Å². The van der Waals surface area contributed by atoms with Gasteiger partial charge in [-0.25, -0.2) is 0 Å². The predicted molar refractivity (Wildman–Crippen MR) is 25.2 cm³/mol. The highest BCUT2D eigenvalue weighted by Crippen LogP contribution is 1.87. The number of aliphatic hydroxyl groups is 1. The highest BCUT2D eigenvalue weighted by Gasteiger charge is 2.02. The Bertz CT molecular complexity index is 74.5. The quantitative estimate of drug-likeness (QED) is 0.307. The van der Waals surface area contributed by atoms with Crippen molar-refractivity contribution in [2.24, 2.45) is 0 Å². The Morgan fingerprint density at radius 2 is 2.17 bits per heavy atom. The third-order valence-corrected chi connectivity index (χ3v) is 0.292. The molecule has 1 unspecified atom stereocenters. The Hall–Kier alpha value is -0.415. The van der Waals surface area contributed by atoms with Gasteiger partial charge in [-0.05, 0) is 6.92 Å². The summed E-state index contributed by atoms with van der Waals surface area (Å²) >= 11 is 0. The van der Waals surface area contributed by atoms with E-state index in [4.69, 9.17) is 13.0 Å². The molecule has 30 valence electrons. The SMILES string of the molecule is [B]C(C)(O)C#C. The molecule has 0 aromatic heterocycles. The molecule has 0 aliphatic heterocycles. The zero-order valence-electron chi connectivity index (χ0n) is 3.60. The van der Waals surface area contributed by atoms with Crippen molar-refractivity contribution in [3.63, 3.8) is 0 Å². The zero-order chi connectivity index (χ0) is 5.21. The van der Waals surface area contributed by atoms with E-state index in [0.717, 1.165) is 0 Å². The standard InChI is InChI=1S/C4H5BO/c1-3-4(2,5)6/h1,6H,2H3. The molecule has 0 rings (SSSR count). The van der Waals surface area contributed by atoms with E-state index >= 15 is 0 Å². The second-order valence-corrected chi connectivity index (χ2v) is 1.29. The Morgan fingerprint density at radius 1 is 2.00 bits per heavy atom. The van der Waals surface area contributed by atoms with E-state index in [-0.39, 0.29) is 0 Å². The van der Waals surface area contributed by atoms with Crippen LogP contribution in [0.5, 0.6) is 0 Å². The summed E-state index contributed by atoms with van der Waals surface area (Å²) < 4.78 is 0. The minimum absolute atomic E-state index is 1.34. The Kier molecular flexibility index (Phi) is 1.26. The fourth-order valence-electron chi connectivity index (χ4n) is 0. The first-order valence-electron chi connectivity index (χ1n) is 1.55. The third kappa shape index (κ3) is 3.58. The minimum atomic E-state index is -1.43. The van der Waals surface area contributed by atoms with E-state index in [1.54, 1.807) is 0 Å². The molecule has 0 aliphatic carbocycles. The van der Waals surface area contributed by atoms with Gasteiger partial charge in [0.05, 0.1) is 5.50 Å². The first-order chi connectivity index (χ1) is 2.56. The highest BCUT2D eigenvalue weighted by molar-refractivity contribution is 6.16. The van der Waals surface area contributed by atoms with E-state index in [1.807, 2.05) is 5.92 Å². The molecule has 6 heavy (non-hydrogen) atoms. The minimum Gasteiger partial charge on any atom is -0.388 e. The van der Waals surface area contributed by atoms with E-state index in [1.165, 1.54) is 6.92 Å². The van der Waals surface area contributed by atoms with Gasteiger partial charge in [-0.15, -0.1) is 6.42 Å². The van der Waals surface area contributed by atoms with Crippen LogP contribution in [0.2, 0.25) is 0 Å². The van der Waals surface area contributed by atoms with E-state index in [2.05, 4.69) is 6.42 Å². The fraction of sp³-hybridized carbons (Fsp3) is 0.500. The summed E-state index contributed by atoms with van der Waals surface area (Å²) in [5, 5.41) is 8.37. The largest absolute Gasteiger partial charge is 0.388 e. The Labute approximate surface area is 38.8 Å². The molecule has 0 aromatic carbocycles. The molecule has 2 radical (unpaired) electrons. The van der Waals surface area contributed by atoms with Crippen molar-refractivity contribution in [1.82, 2.24) is 0 Å². The van der Waals surface area contributed by atoms with Crippen molar-refractivity contribution in [3.05, 3.63) is 0 Å². The molecule has 0 fully saturated rings. The summed E-state index contributed by atoms with van der Waals surface area (Å²) in [4.78, 5) is 0. The molecule has 0 saturated carbocycles. The van der Waals surface area contributed by atoms with Crippen LogP contribution in [0.3, 0.4) is 0 Å². The molecule has 0 amide bonds. The maximum atomic E-state index is 8.37. The van der Waals surface area contributed by atoms with E-state index in [9.17, 15) is 0 Å². The van der Waals surface area contributed by atoms with Crippen LogP contribution in [-0.2, 0) is 0 Å². The van der Waals surface area contributed by atoms with Gasteiger partial charge < -0.3 is 5.11 Å². The van der Waals surface area contributed by atoms with Crippen LogP contribution in [0.25, 0.3) is 0 Å². The molecular formula is C4H5BO. The molecule has 1 nitrogen and oxygen atoms in total. The number of hydrogen-bond donors (Lipinski definition) is 1. The molecule has 0 heterocycles. The van der Waals surface area contributed by atoms with Crippen molar-refractivity contribution in [2.45, 2.75) is 12.4 Å². The molecular weight excluding hydrogens is 74.9 g/mol. The lowest BCUT2D eigenvalue weighted by atomic mass is 9.85. The van der Waals surface area contributed by atoms with Gasteiger partial charge >= 0.3 is 0 Å². The summed E-state index contributed by atoms with van der Waals surface area (Å²) in [6.45, 7) is 1.34. The normalized spacial score (nSPS) is 18.2. The average Bonchev–Trinajstić information content (AvgIpc) is 1.35. The summed E-state index contributed by atoms with van der Waals surface area (Å²) in [6.07, 6.45) is 4.68. The lowest BCUT2D eigenvalue weighted by Gasteiger charge is -2.04. The van der Waals surface area contributed by atoms with Crippen LogP contribution in [0.4, 0.5) is 0 Å². The Balaban J connectivity index is 3.55. The van der Waals surface area contributed by atoms with Gasteiger partial charge in [0.15, 0.2) is 0 Å². The first-order valence-corrected chi connectivity index (χ1v) is 1.55. The Morgan fingerprint density at radius 3 is 2.17 bits per heavy atom. The van der Waals surface area contributed by atoms with Crippen LogP contribution in [0, 0.1) is 12.3 Å². The summed E-state index contributed by atoms with van der Waals surface area (Å²) in [6, 6.07) is 0. The van der Waals surface area contributed by atoms with Crippen LogP contribution in [-0.4, -0.2) is 18.5 Å². The predicted octanol–water partition coefficient (Wildman–Crippen LogP) is -0.503. The van der Waals surface area contributed by atoms with Crippen LogP contribution >= 0.6 is 0 Å². The van der Waals surface area contributed by atoms with Gasteiger partial charge in [-0.3, -0.25) is 0 Å². The lowest BCUT2D eigenvalue weighted by molar-refractivity contribution is 0.210. The highest BCUT2D eigenvalue weighted by atomic mass is 16.3. The van der Waals surface area contributed by atoms with Crippen LogP contribution < -0.4 is 0 Å². The maximum Gasteiger partial charge on any atom is 0.131 e. The van der Waals surface area contributed by atoms with Gasteiger partial charge in [0.2, 0.25) is 0 Å². The van der Waals surface area contributed by atoms with E-state index in [0.29, 0.717) is 0 Å². The first kappa shape index (κ1) is 5.58. The fourth-order valence-corrected chi connectivity index (χ4v) is 0. The van der Waals surface area contributed by atoms with Crippen molar-refractivity contribution in [1.29, 1.82) is 0 Å². The van der Waals surface area contributed by atoms with Crippen molar-refractivity contribution in [3.8, 4) is 12.3 Å². The molecule has 0 spiro atoms. The number of terminal acetylenes is 1.